The number of nitrogens with one attached hydrogen (secondary N) is 1. The molecule has 10 nitrogen and oxygen atoms in total. The third-order valence-electron chi connectivity index (χ3n) is 6.23. The zero-order chi connectivity index (χ0) is 32.6. The zero-order valence-electron chi connectivity index (χ0n) is 24.9. The number of rotatable bonds is 10. The fourth-order valence-electron chi connectivity index (χ4n) is 4.15. The molecular weight excluding hydrogens is 609 g/mol. The number of thioether (sulfide) groups is 1. The van der Waals surface area contributed by atoms with Gasteiger partial charge in [0.05, 0.1) is 11.4 Å². The van der Waals surface area contributed by atoms with Gasteiger partial charge in [0.15, 0.2) is 5.17 Å². The van der Waals surface area contributed by atoms with Gasteiger partial charge in [-0.25, -0.2) is 9.48 Å². The number of ether oxygens (including phenoxy) is 2. The summed E-state index contributed by atoms with van der Waals surface area (Å²) < 4.78 is 48.0. The van der Waals surface area contributed by atoms with Crippen molar-refractivity contribution in [2.45, 2.75) is 46.6 Å². The van der Waals surface area contributed by atoms with Crippen LogP contribution in [-0.4, -0.2) is 44.5 Å². The van der Waals surface area contributed by atoms with Crippen LogP contribution in [0.5, 0.6) is 11.8 Å². The number of aromatic nitrogens is 3. The van der Waals surface area contributed by atoms with Crippen LogP contribution in [-0.2, 0) is 11.4 Å². The molecule has 4 aromatic rings. The van der Waals surface area contributed by atoms with Crippen LogP contribution in [0.3, 0.4) is 0 Å². The summed E-state index contributed by atoms with van der Waals surface area (Å²) in [5.41, 5.74) is 4.34. The van der Waals surface area contributed by atoms with E-state index in [1.54, 1.807) is 24.3 Å². The second-order valence-electron chi connectivity index (χ2n) is 9.95. The van der Waals surface area contributed by atoms with Gasteiger partial charge in [-0.1, -0.05) is 56.8 Å². The fourth-order valence-corrected chi connectivity index (χ4v) is 4.84. The predicted molar refractivity (Wildman–Crippen MR) is 167 cm³/mol. The Morgan fingerprint density at radius 3 is 2.44 bits per heavy atom. The second-order valence-corrected chi connectivity index (χ2v) is 11.2. The summed E-state index contributed by atoms with van der Waals surface area (Å²) >= 11 is 1.29. The van der Waals surface area contributed by atoms with Gasteiger partial charge >= 0.3 is 18.4 Å². The Labute approximate surface area is 262 Å². The summed E-state index contributed by atoms with van der Waals surface area (Å²) in [6.07, 6.45) is -2.73. The van der Waals surface area contributed by atoms with Crippen LogP contribution in [0.25, 0.3) is 5.69 Å². The molecule has 0 aliphatic heterocycles. The Morgan fingerprint density at radius 1 is 1.11 bits per heavy atom. The number of hydrogen-bond acceptors (Lipinski definition) is 7. The second kappa shape index (κ2) is 14.8. The number of aryl methyl sites for hydroxylation is 1. The van der Waals surface area contributed by atoms with Crippen molar-refractivity contribution >= 4 is 40.7 Å². The molecule has 0 spiro atoms. The van der Waals surface area contributed by atoms with Crippen LogP contribution in [0.15, 0.2) is 78.0 Å². The van der Waals surface area contributed by atoms with Crippen molar-refractivity contribution in [3.8, 4) is 17.4 Å². The lowest BCUT2D eigenvalue weighted by molar-refractivity contribution is -0.274. The molecule has 1 heterocycles. The molecule has 0 saturated carbocycles. The molecule has 0 atom stereocenters. The average molecular weight is 641 g/mol. The zero-order valence-corrected chi connectivity index (χ0v) is 25.7. The summed E-state index contributed by atoms with van der Waals surface area (Å²) in [5, 5.41) is 7.17. The summed E-state index contributed by atoms with van der Waals surface area (Å²) in [6, 6.07) is 17.3. The number of carbonyl (C=O) groups is 2. The summed E-state index contributed by atoms with van der Waals surface area (Å²) in [5.74, 6) is 0.408. The highest BCUT2D eigenvalue weighted by Gasteiger charge is 2.31. The molecule has 4 rings (SSSR count). The van der Waals surface area contributed by atoms with Gasteiger partial charge in [-0.15, -0.1) is 18.3 Å². The number of alkyl halides is 3. The van der Waals surface area contributed by atoms with E-state index in [0.29, 0.717) is 29.2 Å². The van der Waals surface area contributed by atoms with Crippen LogP contribution >= 0.6 is 11.8 Å². The lowest BCUT2D eigenvalue weighted by Gasteiger charge is -2.23. The molecule has 0 aliphatic carbocycles. The van der Waals surface area contributed by atoms with Gasteiger partial charge < -0.3 is 14.8 Å². The molecule has 0 saturated heterocycles. The van der Waals surface area contributed by atoms with Crippen LogP contribution < -0.4 is 19.7 Å². The number of aliphatic imine (C=N–C) groups is 1. The van der Waals surface area contributed by atoms with Crippen molar-refractivity contribution in [2.24, 2.45) is 4.99 Å². The minimum Gasteiger partial charge on any atom is -0.458 e. The van der Waals surface area contributed by atoms with Crippen molar-refractivity contribution in [2.75, 3.05) is 16.0 Å². The summed E-state index contributed by atoms with van der Waals surface area (Å²) in [4.78, 5) is 34.8. The van der Waals surface area contributed by atoms with E-state index >= 15 is 0 Å². The van der Waals surface area contributed by atoms with E-state index in [4.69, 9.17) is 4.74 Å². The first-order valence-corrected chi connectivity index (χ1v) is 14.8. The first kappa shape index (κ1) is 33.1. The molecule has 3 aromatic carbocycles. The number of amides is 3. The van der Waals surface area contributed by atoms with Gasteiger partial charge in [-0.3, -0.25) is 9.69 Å². The van der Waals surface area contributed by atoms with Crippen LogP contribution in [0.4, 0.5) is 29.3 Å². The van der Waals surface area contributed by atoms with Crippen molar-refractivity contribution in [3.63, 3.8) is 0 Å². The Morgan fingerprint density at radius 2 is 1.82 bits per heavy atom. The topological polar surface area (TPSA) is 111 Å². The van der Waals surface area contributed by atoms with Gasteiger partial charge in [-0.05, 0) is 77.7 Å². The number of nitrogens with zero attached hydrogens (tertiary/aromatic N) is 5. The van der Waals surface area contributed by atoms with Gasteiger partial charge in [0.2, 0.25) is 6.41 Å². The number of hydrogen-bond donors (Lipinski definition) is 1. The van der Waals surface area contributed by atoms with Gasteiger partial charge in [0.25, 0.3) is 0 Å². The first-order valence-electron chi connectivity index (χ1n) is 13.8. The normalized spacial score (nSPS) is 11.8. The largest absolute Gasteiger partial charge is 0.573 e. The third-order valence-corrected chi connectivity index (χ3v) is 7.06. The maximum atomic E-state index is 12.9. The predicted octanol–water partition coefficient (Wildman–Crippen LogP) is 7.48. The smallest absolute Gasteiger partial charge is 0.458 e. The lowest BCUT2D eigenvalue weighted by Crippen LogP contribution is -2.30. The van der Waals surface area contributed by atoms with E-state index in [0.717, 1.165) is 16.7 Å². The van der Waals surface area contributed by atoms with E-state index in [1.165, 1.54) is 51.9 Å². The molecule has 0 bridgehead atoms. The Balaban J connectivity index is 1.37. The molecule has 0 unspecified atom stereocenters. The van der Waals surface area contributed by atoms with Crippen molar-refractivity contribution < 1.29 is 32.2 Å². The Hall–Kier alpha value is -4.85. The van der Waals surface area contributed by atoms with Crippen molar-refractivity contribution in [1.82, 2.24) is 14.8 Å². The van der Waals surface area contributed by atoms with Crippen LogP contribution in [0.1, 0.15) is 43.4 Å². The number of halogens is 3. The Bertz CT molecular complexity index is 1640. The van der Waals surface area contributed by atoms with Crippen molar-refractivity contribution in [1.29, 1.82) is 0 Å². The average Bonchev–Trinajstić information content (AvgIpc) is 3.46. The quantitative estimate of drug-likeness (QED) is 0.109. The molecule has 3 amide bonds. The van der Waals surface area contributed by atoms with Gasteiger partial charge in [0.1, 0.15) is 18.7 Å². The van der Waals surface area contributed by atoms with Crippen LogP contribution in [0, 0.1) is 6.92 Å². The highest BCUT2D eigenvalue weighted by molar-refractivity contribution is 8.14. The highest BCUT2D eigenvalue weighted by atomic mass is 32.2. The van der Waals surface area contributed by atoms with Crippen molar-refractivity contribution in [3.05, 3.63) is 89.7 Å². The standard InChI is InChI=1S/C31H31F3N6O4S/c1-5-45-30(39(19-41)27-16-21(4)6-15-26(27)20(2)3)37-28(42)36-23-9-7-22(8-10-23)17-43-29-35-18-40(38-29)24-11-13-25(14-12-24)44-31(32,33)34/h6-16,18-20H,5,17H2,1-4H3,(H,36,42)/b37-30-. The minimum atomic E-state index is -4.77. The SMILES string of the molecule is CCS/C(=N\C(=O)Nc1ccc(COc2ncn(-c3ccc(OC(F)(F)F)cc3)n2)cc1)N(C=O)c1cc(C)ccc1C(C)C. The molecule has 0 fully saturated rings. The number of benzene rings is 3. The van der Waals surface area contributed by atoms with Gasteiger partial charge in [0, 0.05) is 5.69 Å². The molecule has 0 aliphatic rings. The maximum Gasteiger partial charge on any atom is 0.573 e. The molecule has 1 aromatic heterocycles. The first-order chi connectivity index (χ1) is 21.5. The molecular formula is C31H31F3N6O4S. The number of carbonyl (C=O) groups excluding carboxylic acids is 2. The van der Waals surface area contributed by atoms with E-state index in [9.17, 15) is 22.8 Å². The van der Waals surface area contributed by atoms with Crippen LogP contribution in [0.2, 0.25) is 0 Å². The third kappa shape index (κ3) is 9.32. The molecule has 45 heavy (non-hydrogen) atoms. The minimum absolute atomic E-state index is 0.0623. The monoisotopic (exact) mass is 640 g/mol. The molecule has 14 heteroatoms. The molecule has 0 radical (unpaired) electrons. The number of amidine groups is 1. The van der Waals surface area contributed by atoms with E-state index in [1.807, 2.05) is 45.9 Å². The lowest BCUT2D eigenvalue weighted by atomic mass is 9.99. The Kier molecular flexibility index (Phi) is 10.8. The highest BCUT2D eigenvalue weighted by Crippen LogP contribution is 2.30. The molecule has 236 valence electrons. The maximum absolute atomic E-state index is 12.9. The van der Waals surface area contributed by atoms with E-state index in [2.05, 4.69) is 25.1 Å². The number of anilines is 2. The summed E-state index contributed by atoms with van der Waals surface area (Å²) in [6.45, 7) is 8.04. The fraction of sp³-hybridized carbons (Fsp3) is 0.258. The van der Waals surface area contributed by atoms with E-state index < -0.39 is 12.4 Å². The van der Waals surface area contributed by atoms with E-state index in [-0.39, 0.29) is 29.5 Å². The molecule has 1 N–H and O–H groups in total. The number of urea groups is 1. The summed E-state index contributed by atoms with van der Waals surface area (Å²) in [7, 11) is 0. The van der Waals surface area contributed by atoms with Gasteiger partial charge in [-0.2, -0.15) is 9.98 Å².